The summed E-state index contributed by atoms with van der Waals surface area (Å²) >= 11 is 0. The summed E-state index contributed by atoms with van der Waals surface area (Å²) in [6.07, 6.45) is 7.25. The molecule has 17 heavy (non-hydrogen) atoms. The zero-order valence-corrected chi connectivity index (χ0v) is 10.5. The number of hydrogen-bond acceptors (Lipinski definition) is 3. The number of amides is 1. The Bertz CT molecular complexity index is 254. The Morgan fingerprint density at radius 2 is 1.88 bits per heavy atom. The quantitative estimate of drug-likeness (QED) is 0.729. The fourth-order valence-electron chi connectivity index (χ4n) is 2.61. The molecule has 0 aromatic carbocycles. The lowest BCUT2D eigenvalue weighted by molar-refractivity contribution is -0.126. The van der Waals surface area contributed by atoms with Crippen LogP contribution in [0.25, 0.3) is 0 Å². The molecule has 0 bridgehead atoms. The second-order valence-electron chi connectivity index (χ2n) is 5.40. The lowest BCUT2D eigenvalue weighted by Gasteiger charge is -2.30. The molecular weight excluding hydrogens is 216 g/mol. The van der Waals surface area contributed by atoms with Crippen molar-refractivity contribution in [2.24, 2.45) is 17.6 Å². The van der Waals surface area contributed by atoms with Gasteiger partial charge >= 0.3 is 0 Å². The molecule has 2 atom stereocenters. The monoisotopic (exact) mass is 240 g/mol. The van der Waals surface area contributed by atoms with E-state index in [0.29, 0.717) is 24.5 Å². The summed E-state index contributed by atoms with van der Waals surface area (Å²) in [5.74, 6) is 1.19. The lowest BCUT2D eigenvalue weighted by Crippen LogP contribution is -2.33. The van der Waals surface area contributed by atoms with Gasteiger partial charge in [-0.2, -0.15) is 0 Å². The number of ether oxygens (including phenoxy) is 1. The van der Waals surface area contributed by atoms with E-state index in [9.17, 15) is 4.79 Å². The van der Waals surface area contributed by atoms with Gasteiger partial charge in [-0.3, -0.25) is 4.79 Å². The molecule has 0 radical (unpaired) electrons. The van der Waals surface area contributed by atoms with Crippen molar-refractivity contribution >= 4 is 5.91 Å². The molecular formula is C13H24N2O2. The zero-order chi connectivity index (χ0) is 12.1. The van der Waals surface area contributed by atoms with Crippen LogP contribution in [0, 0.1) is 11.8 Å². The SMILES string of the molecule is NCC1CCCCC1COCC(=O)NC1CC1. The van der Waals surface area contributed by atoms with Crippen LogP contribution in [0.4, 0.5) is 0 Å². The van der Waals surface area contributed by atoms with E-state index in [0.717, 1.165) is 19.4 Å². The van der Waals surface area contributed by atoms with Crippen LogP contribution < -0.4 is 11.1 Å². The van der Waals surface area contributed by atoms with Crippen molar-refractivity contribution in [2.75, 3.05) is 19.8 Å². The summed E-state index contributed by atoms with van der Waals surface area (Å²) in [5, 5.41) is 2.93. The fourth-order valence-corrected chi connectivity index (χ4v) is 2.61. The van der Waals surface area contributed by atoms with Gasteiger partial charge in [-0.1, -0.05) is 12.8 Å². The van der Waals surface area contributed by atoms with Crippen LogP contribution in [0.3, 0.4) is 0 Å². The first kappa shape index (κ1) is 12.8. The highest BCUT2D eigenvalue weighted by Crippen LogP contribution is 2.29. The van der Waals surface area contributed by atoms with Crippen LogP contribution in [0.2, 0.25) is 0 Å². The van der Waals surface area contributed by atoms with Gasteiger partial charge < -0.3 is 15.8 Å². The van der Waals surface area contributed by atoms with Gasteiger partial charge in [0.2, 0.25) is 5.91 Å². The van der Waals surface area contributed by atoms with Crippen LogP contribution >= 0.6 is 0 Å². The zero-order valence-electron chi connectivity index (χ0n) is 10.5. The van der Waals surface area contributed by atoms with Crippen LogP contribution in [0.1, 0.15) is 38.5 Å². The maximum Gasteiger partial charge on any atom is 0.246 e. The number of carbonyl (C=O) groups is 1. The van der Waals surface area contributed by atoms with E-state index in [2.05, 4.69) is 5.32 Å². The molecule has 0 aromatic heterocycles. The topological polar surface area (TPSA) is 64.3 Å². The van der Waals surface area contributed by atoms with Gasteiger partial charge in [0.1, 0.15) is 6.61 Å². The Labute approximate surface area is 103 Å². The van der Waals surface area contributed by atoms with Crippen molar-refractivity contribution in [3.8, 4) is 0 Å². The van der Waals surface area contributed by atoms with Crippen molar-refractivity contribution in [1.82, 2.24) is 5.32 Å². The van der Waals surface area contributed by atoms with E-state index >= 15 is 0 Å². The Balaban J connectivity index is 1.60. The highest BCUT2D eigenvalue weighted by Gasteiger charge is 2.25. The fraction of sp³-hybridized carbons (Fsp3) is 0.923. The van der Waals surface area contributed by atoms with E-state index in [4.69, 9.17) is 10.5 Å². The third-order valence-corrected chi connectivity index (χ3v) is 3.88. The number of nitrogens with two attached hydrogens (primary N) is 1. The largest absolute Gasteiger partial charge is 0.371 e. The molecule has 0 saturated heterocycles. The summed E-state index contributed by atoms with van der Waals surface area (Å²) in [7, 11) is 0. The standard InChI is InChI=1S/C13H24N2O2/c14-7-10-3-1-2-4-11(10)8-17-9-13(16)15-12-5-6-12/h10-12H,1-9,14H2,(H,15,16). The summed E-state index contributed by atoms with van der Waals surface area (Å²) in [4.78, 5) is 11.4. The molecule has 1 amide bonds. The first-order valence-corrected chi connectivity index (χ1v) is 6.86. The van der Waals surface area contributed by atoms with Crippen LogP contribution in [0.15, 0.2) is 0 Å². The third-order valence-electron chi connectivity index (χ3n) is 3.88. The van der Waals surface area contributed by atoms with Gasteiger partial charge in [-0.05, 0) is 44.1 Å². The Kier molecular flexibility index (Phi) is 4.80. The summed E-state index contributed by atoms with van der Waals surface area (Å²) in [6, 6.07) is 0.428. The number of rotatable bonds is 6. The minimum absolute atomic E-state index is 0.0348. The summed E-state index contributed by atoms with van der Waals surface area (Å²) < 4.78 is 5.53. The number of nitrogens with one attached hydrogen (secondary N) is 1. The highest BCUT2D eigenvalue weighted by atomic mass is 16.5. The van der Waals surface area contributed by atoms with Crippen molar-refractivity contribution < 1.29 is 9.53 Å². The van der Waals surface area contributed by atoms with Crippen LogP contribution in [-0.4, -0.2) is 31.7 Å². The minimum atomic E-state index is 0.0348. The van der Waals surface area contributed by atoms with E-state index in [1.54, 1.807) is 0 Å². The van der Waals surface area contributed by atoms with E-state index in [1.165, 1.54) is 25.7 Å². The van der Waals surface area contributed by atoms with E-state index in [1.807, 2.05) is 0 Å². The molecule has 2 unspecified atom stereocenters. The lowest BCUT2D eigenvalue weighted by atomic mass is 9.80. The van der Waals surface area contributed by atoms with Crippen molar-refractivity contribution in [3.05, 3.63) is 0 Å². The first-order chi connectivity index (χ1) is 8.29. The van der Waals surface area contributed by atoms with Gasteiger partial charge in [0.15, 0.2) is 0 Å². The van der Waals surface area contributed by atoms with Crippen molar-refractivity contribution in [2.45, 2.75) is 44.6 Å². The predicted octanol–water partition coefficient (Wildman–Crippen LogP) is 1.05. The maximum atomic E-state index is 11.4. The molecule has 2 aliphatic rings. The minimum Gasteiger partial charge on any atom is -0.371 e. The van der Waals surface area contributed by atoms with Crippen LogP contribution in [-0.2, 0) is 9.53 Å². The Morgan fingerprint density at radius 1 is 1.18 bits per heavy atom. The molecule has 98 valence electrons. The average molecular weight is 240 g/mol. The van der Waals surface area contributed by atoms with Gasteiger partial charge in [-0.15, -0.1) is 0 Å². The van der Waals surface area contributed by atoms with E-state index < -0.39 is 0 Å². The molecule has 2 fully saturated rings. The van der Waals surface area contributed by atoms with Crippen LogP contribution in [0.5, 0.6) is 0 Å². The molecule has 2 aliphatic carbocycles. The number of carbonyl (C=O) groups excluding carboxylic acids is 1. The molecule has 0 aromatic rings. The molecule has 2 rings (SSSR count). The molecule has 0 aliphatic heterocycles. The number of hydrogen-bond donors (Lipinski definition) is 2. The summed E-state index contributed by atoms with van der Waals surface area (Å²) in [6.45, 7) is 1.66. The molecule has 0 spiro atoms. The normalized spacial score (nSPS) is 29.0. The van der Waals surface area contributed by atoms with Crippen molar-refractivity contribution in [1.29, 1.82) is 0 Å². The Morgan fingerprint density at radius 3 is 2.53 bits per heavy atom. The molecule has 4 heteroatoms. The molecule has 0 heterocycles. The van der Waals surface area contributed by atoms with E-state index in [-0.39, 0.29) is 12.5 Å². The molecule has 3 N–H and O–H groups in total. The molecule has 2 saturated carbocycles. The second-order valence-corrected chi connectivity index (χ2v) is 5.40. The average Bonchev–Trinajstić information content (AvgIpc) is 3.13. The van der Waals surface area contributed by atoms with Gasteiger partial charge in [0.25, 0.3) is 0 Å². The predicted molar refractivity (Wildman–Crippen MR) is 66.5 cm³/mol. The highest BCUT2D eigenvalue weighted by molar-refractivity contribution is 5.77. The second kappa shape index (κ2) is 6.36. The Hall–Kier alpha value is -0.610. The summed E-state index contributed by atoms with van der Waals surface area (Å²) in [5.41, 5.74) is 5.76. The smallest absolute Gasteiger partial charge is 0.246 e. The molecule has 4 nitrogen and oxygen atoms in total. The maximum absolute atomic E-state index is 11.4. The van der Waals surface area contributed by atoms with Gasteiger partial charge in [0, 0.05) is 6.04 Å². The van der Waals surface area contributed by atoms with Gasteiger partial charge in [-0.25, -0.2) is 0 Å². The first-order valence-electron chi connectivity index (χ1n) is 6.86. The van der Waals surface area contributed by atoms with Crippen molar-refractivity contribution in [3.63, 3.8) is 0 Å². The third kappa shape index (κ3) is 4.28. The van der Waals surface area contributed by atoms with Gasteiger partial charge in [0.05, 0.1) is 6.61 Å².